The highest BCUT2D eigenvalue weighted by atomic mass is 32.2. The van der Waals surface area contributed by atoms with Gasteiger partial charge in [-0.25, -0.2) is 0 Å². The first-order chi connectivity index (χ1) is 7.70. The van der Waals surface area contributed by atoms with Crippen LogP contribution in [0.25, 0.3) is 0 Å². The lowest BCUT2D eigenvalue weighted by Crippen LogP contribution is -2.08. The Labute approximate surface area is 100 Å². The molecule has 0 heterocycles. The summed E-state index contributed by atoms with van der Waals surface area (Å²) in [4.78, 5) is 11.0. The van der Waals surface area contributed by atoms with Crippen LogP contribution in [0.3, 0.4) is 0 Å². The number of methoxy groups -OCH3 is 1. The van der Waals surface area contributed by atoms with Crippen LogP contribution in [-0.2, 0) is 25.1 Å². The van der Waals surface area contributed by atoms with Crippen molar-refractivity contribution in [3.63, 3.8) is 0 Å². The van der Waals surface area contributed by atoms with Crippen LogP contribution in [0.15, 0.2) is 0 Å². The summed E-state index contributed by atoms with van der Waals surface area (Å²) in [6.45, 7) is 2.80. The van der Waals surface area contributed by atoms with Crippen molar-refractivity contribution in [1.82, 2.24) is 0 Å². The van der Waals surface area contributed by atoms with Crippen LogP contribution in [0.2, 0.25) is 0 Å². The molecule has 0 saturated heterocycles. The molecule has 0 spiro atoms. The molecule has 0 radical (unpaired) electrons. The Hall–Kier alpha value is -0.420. The molecule has 0 aromatic heterocycles. The normalized spacial score (nSPS) is 12.4. The molecular weight excluding hydrogens is 228 g/mol. The van der Waals surface area contributed by atoms with Gasteiger partial charge < -0.3 is 9.47 Å². The molecule has 16 heavy (non-hydrogen) atoms. The van der Waals surface area contributed by atoms with Gasteiger partial charge in [0.25, 0.3) is 0 Å². The summed E-state index contributed by atoms with van der Waals surface area (Å²) in [7, 11) is 0.829. The van der Waals surface area contributed by atoms with Crippen LogP contribution in [0.4, 0.5) is 0 Å². The van der Waals surface area contributed by atoms with Crippen molar-refractivity contribution in [2.75, 3.05) is 31.8 Å². The molecule has 0 rings (SSSR count). The number of unbranched alkanes of at least 4 members (excludes halogenated alkanes) is 2. The monoisotopic (exact) mass is 250 g/mol. The van der Waals surface area contributed by atoms with Crippen LogP contribution in [0.1, 0.15) is 32.6 Å². The second-order valence-electron chi connectivity index (χ2n) is 3.46. The summed E-state index contributed by atoms with van der Waals surface area (Å²) in [5, 5.41) is 0. The molecule has 0 saturated carbocycles. The van der Waals surface area contributed by atoms with E-state index in [4.69, 9.17) is 9.47 Å². The summed E-state index contributed by atoms with van der Waals surface area (Å²) in [5.74, 6) is 1.17. The molecule has 1 atom stereocenters. The van der Waals surface area contributed by atoms with E-state index in [0.29, 0.717) is 31.1 Å². The van der Waals surface area contributed by atoms with E-state index in [1.165, 1.54) is 0 Å². The Kier molecular flexibility index (Phi) is 10.8. The molecule has 4 nitrogen and oxygen atoms in total. The van der Waals surface area contributed by atoms with E-state index in [1.54, 1.807) is 14.0 Å². The minimum absolute atomic E-state index is 0.136. The molecule has 0 aliphatic heterocycles. The van der Waals surface area contributed by atoms with E-state index in [9.17, 15) is 9.00 Å². The van der Waals surface area contributed by atoms with Crippen molar-refractivity contribution in [2.24, 2.45) is 0 Å². The second kappa shape index (κ2) is 11.1. The van der Waals surface area contributed by atoms with Gasteiger partial charge in [-0.05, 0) is 19.8 Å². The molecular formula is C11H22O4S. The molecule has 0 aromatic rings. The quantitative estimate of drug-likeness (QED) is 0.435. The molecule has 0 aliphatic rings. The Balaban J connectivity index is 3.26. The highest BCUT2D eigenvalue weighted by Crippen LogP contribution is 2.02. The second-order valence-corrected chi connectivity index (χ2v) is 5.15. The zero-order valence-corrected chi connectivity index (χ0v) is 11.0. The first-order valence-electron chi connectivity index (χ1n) is 5.70. The van der Waals surface area contributed by atoms with Gasteiger partial charge in [0.15, 0.2) is 0 Å². The molecule has 5 heteroatoms. The van der Waals surface area contributed by atoms with Crippen molar-refractivity contribution < 1.29 is 18.5 Å². The maximum absolute atomic E-state index is 11.3. The minimum Gasteiger partial charge on any atom is -0.466 e. The van der Waals surface area contributed by atoms with Crippen LogP contribution in [0.5, 0.6) is 0 Å². The lowest BCUT2D eigenvalue weighted by molar-refractivity contribution is -0.143. The van der Waals surface area contributed by atoms with Crippen molar-refractivity contribution >= 4 is 16.8 Å². The van der Waals surface area contributed by atoms with Gasteiger partial charge in [0.1, 0.15) is 0 Å². The van der Waals surface area contributed by atoms with Crippen LogP contribution >= 0.6 is 0 Å². The smallest absolute Gasteiger partial charge is 0.305 e. The first-order valence-corrected chi connectivity index (χ1v) is 7.19. The standard InChI is InChI=1S/C11H22O4S/c1-3-15-11(12)7-5-4-6-9-16(13)10-8-14-2/h3-10H2,1-2H3. The number of carbonyl (C=O) groups excluding carboxylic acids is 1. The van der Waals surface area contributed by atoms with Crippen molar-refractivity contribution in [2.45, 2.75) is 32.6 Å². The fraction of sp³-hybridized carbons (Fsp3) is 0.909. The molecule has 96 valence electrons. The lowest BCUT2D eigenvalue weighted by atomic mass is 10.2. The Morgan fingerprint density at radius 3 is 2.56 bits per heavy atom. The van der Waals surface area contributed by atoms with Gasteiger partial charge in [-0.1, -0.05) is 6.42 Å². The summed E-state index contributed by atoms with van der Waals surface area (Å²) in [5.41, 5.74) is 0. The molecule has 0 amide bonds. The average molecular weight is 250 g/mol. The maximum atomic E-state index is 11.3. The Morgan fingerprint density at radius 2 is 1.94 bits per heavy atom. The van der Waals surface area contributed by atoms with Crippen LogP contribution in [-0.4, -0.2) is 42.0 Å². The highest BCUT2D eigenvalue weighted by Gasteiger charge is 2.02. The number of rotatable bonds is 10. The molecule has 0 bridgehead atoms. The molecule has 0 N–H and O–H groups in total. The maximum Gasteiger partial charge on any atom is 0.305 e. The third kappa shape index (κ3) is 10.1. The Bertz CT molecular complexity index is 206. The number of hydrogen-bond acceptors (Lipinski definition) is 4. The minimum atomic E-state index is -0.779. The third-order valence-electron chi connectivity index (χ3n) is 2.07. The van der Waals surface area contributed by atoms with Gasteiger partial charge in [-0.2, -0.15) is 0 Å². The van der Waals surface area contributed by atoms with E-state index in [-0.39, 0.29) is 5.97 Å². The predicted octanol–water partition coefficient (Wildman–Crippen LogP) is 1.51. The predicted molar refractivity (Wildman–Crippen MR) is 64.9 cm³/mol. The zero-order chi connectivity index (χ0) is 12.2. The van der Waals surface area contributed by atoms with E-state index in [1.807, 2.05) is 0 Å². The van der Waals surface area contributed by atoms with Gasteiger partial charge >= 0.3 is 5.97 Å². The van der Waals surface area contributed by atoms with Crippen molar-refractivity contribution in [3.05, 3.63) is 0 Å². The van der Waals surface area contributed by atoms with E-state index in [2.05, 4.69) is 0 Å². The Morgan fingerprint density at radius 1 is 1.19 bits per heavy atom. The van der Waals surface area contributed by atoms with Crippen LogP contribution in [0, 0.1) is 0 Å². The van der Waals surface area contributed by atoms with E-state index >= 15 is 0 Å². The first kappa shape index (κ1) is 15.6. The van der Waals surface area contributed by atoms with E-state index < -0.39 is 10.8 Å². The SMILES string of the molecule is CCOC(=O)CCCCCS(=O)CCOC. The van der Waals surface area contributed by atoms with Gasteiger partial charge in [0, 0.05) is 35.8 Å². The fourth-order valence-electron chi connectivity index (χ4n) is 1.22. The van der Waals surface area contributed by atoms with Crippen molar-refractivity contribution in [1.29, 1.82) is 0 Å². The summed E-state index contributed by atoms with van der Waals surface area (Å²) in [6.07, 6.45) is 3.12. The molecule has 1 unspecified atom stereocenters. The van der Waals surface area contributed by atoms with Gasteiger partial charge in [0.05, 0.1) is 13.2 Å². The number of carbonyl (C=O) groups is 1. The van der Waals surface area contributed by atoms with Gasteiger partial charge in [-0.15, -0.1) is 0 Å². The highest BCUT2D eigenvalue weighted by molar-refractivity contribution is 7.84. The molecule has 0 aromatic carbocycles. The topological polar surface area (TPSA) is 52.6 Å². The zero-order valence-electron chi connectivity index (χ0n) is 10.2. The van der Waals surface area contributed by atoms with Gasteiger partial charge in [-0.3, -0.25) is 9.00 Å². The number of esters is 1. The van der Waals surface area contributed by atoms with E-state index in [0.717, 1.165) is 19.3 Å². The largest absolute Gasteiger partial charge is 0.466 e. The summed E-state index contributed by atoms with van der Waals surface area (Å²) in [6, 6.07) is 0. The number of hydrogen-bond donors (Lipinski definition) is 0. The number of ether oxygens (including phenoxy) is 2. The summed E-state index contributed by atoms with van der Waals surface area (Å²) >= 11 is 0. The fourth-order valence-corrected chi connectivity index (χ4v) is 2.30. The summed E-state index contributed by atoms with van der Waals surface area (Å²) < 4.78 is 21.0. The van der Waals surface area contributed by atoms with Crippen LogP contribution < -0.4 is 0 Å². The average Bonchev–Trinajstić information content (AvgIpc) is 2.26. The lowest BCUT2D eigenvalue weighted by Gasteiger charge is -2.02. The third-order valence-corrected chi connectivity index (χ3v) is 3.44. The molecule has 0 aliphatic carbocycles. The van der Waals surface area contributed by atoms with Crippen molar-refractivity contribution in [3.8, 4) is 0 Å². The van der Waals surface area contributed by atoms with Gasteiger partial charge in [0.2, 0.25) is 0 Å². The molecule has 0 fully saturated rings.